The zero-order valence-electron chi connectivity index (χ0n) is 13.6. The van der Waals surface area contributed by atoms with E-state index in [1.54, 1.807) is 0 Å². The van der Waals surface area contributed by atoms with E-state index >= 15 is 0 Å². The highest BCUT2D eigenvalue weighted by Crippen LogP contribution is 2.33. The van der Waals surface area contributed by atoms with Gasteiger partial charge >= 0.3 is 0 Å². The molecule has 3 rings (SSSR count). The summed E-state index contributed by atoms with van der Waals surface area (Å²) in [4.78, 5) is 0. The van der Waals surface area contributed by atoms with E-state index in [4.69, 9.17) is 0 Å². The number of aromatic nitrogens is 1. The van der Waals surface area contributed by atoms with Gasteiger partial charge in [0.15, 0.2) is 0 Å². The maximum atomic E-state index is 2.51. The molecular formula is C20H27N. The Morgan fingerprint density at radius 1 is 0.905 bits per heavy atom. The third-order valence-electron chi connectivity index (χ3n) is 4.79. The Morgan fingerprint density at radius 2 is 1.57 bits per heavy atom. The van der Waals surface area contributed by atoms with Gasteiger partial charge < -0.3 is 4.57 Å². The fourth-order valence-corrected chi connectivity index (χ4v) is 3.46. The Kier molecular flexibility index (Phi) is 3.93. The van der Waals surface area contributed by atoms with Gasteiger partial charge in [0.25, 0.3) is 0 Å². The molecule has 1 aliphatic rings. The second-order valence-electron chi connectivity index (χ2n) is 7.42. The van der Waals surface area contributed by atoms with Crippen molar-refractivity contribution in [2.75, 3.05) is 0 Å². The molecule has 0 bridgehead atoms. The van der Waals surface area contributed by atoms with Crippen molar-refractivity contribution in [1.29, 1.82) is 0 Å². The molecule has 1 heteroatoms. The van der Waals surface area contributed by atoms with Crippen LogP contribution in [0.5, 0.6) is 0 Å². The van der Waals surface area contributed by atoms with Gasteiger partial charge in [0.2, 0.25) is 0 Å². The van der Waals surface area contributed by atoms with Gasteiger partial charge in [0.05, 0.1) is 0 Å². The molecular weight excluding hydrogens is 254 g/mol. The molecule has 0 radical (unpaired) electrons. The highest BCUT2D eigenvalue weighted by molar-refractivity contribution is 5.61. The summed E-state index contributed by atoms with van der Waals surface area (Å²) in [6, 6.07) is 14.3. The van der Waals surface area contributed by atoms with Crippen molar-refractivity contribution in [3.8, 4) is 11.3 Å². The van der Waals surface area contributed by atoms with Crippen LogP contribution >= 0.6 is 0 Å². The first-order valence-corrected chi connectivity index (χ1v) is 8.33. The van der Waals surface area contributed by atoms with Crippen LogP contribution < -0.4 is 0 Å². The molecule has 0 spiro atoms. The van der Waals surface area contributed by atoms with Gasteiger partial charge in [-0.25, -0.2) is 0 Å². The van der Waals surface area contributed by atoms with E-state index in [-0.39, 0.29) is 5.41 Å². The highest BCUT2D eigenvalue weighted by Gasteiger charge is 2.18. The average Bonchev–Trinajstić information content (AvgIpc) is 2.97. The maximum Gasteiger partial charge on any atom is 0.0482 e. The minimum absolute atomic E-state index is 0.226. The van der Waals surface area contributed by atoms with E-state index in [0.717, 1.165) is 0 Å². The van der Waals surface area contributed by atoms with Gasteiger partial charge in [-0.15, -0.1) is 0 Å². The van der Waals surface area contributed by atoms with Crippen molar-refractivity contribution in [3.63, 3.8) is 0 Å². The fourth-order valence-electron chi connectivity index (χ4n) is 3.46. The first-order chi connectivity index (χ1) is 10.1. The molecule has 0 saturated heterocycles. The van der Waals surface area contributed by atoms with Crippen LogP contribution in [0.3, 0.4) is 0 Å². The molecule has 21 heavy (non-hydrogen) atoms. The predicted molar refractivity (Wildman–Crippen MR) is 90.7 cm³/mol. The third kappa shape index (κ3) is 3.07. The Hall–Kier alpha value is -1.50. The van der Waals surface area contributed by atoms with Crippen LogP contribution in [0, 0.1) is 0 Å². The molecule has 1 aromatic carbocycles. The van der Waals surface area contributed by atoms with E-state index in [2.05, 4.69) is 67.9 Å². The SMILES string of the molecule is CC(C)(C)c1ccc(-c2cccn2C2CCCCC2)cc1. The van der Waals surface area contributed by atoms with Gasteiger partial charge in [-0.3, -0.25) is 0 Å². The van der Waals surface area contributed by atoms with Gasteiger partial charge in [-0.1, -0.05) is 64.3 Å². The molecule has 1 heterocycles. The molecule has 0 amide bonds. The first kappa shape index (κ1) is 14.4. The van der Waals surface area contributed by atoms with Crippen LogP contribution in [-0.2, 0) is 5.41 Å². The summed E-state index contributed by atoms with van der Waals surface area (Å²) in [7, 11) is 0. The molecule has 1 nitrogen and oxygen atoms in total. The van der Waals surface area contributed by atoms with Crippen LogP contribution in [0.4, 0.5) is 0 Å². The summed E-state index contributed by atoms with van der Waals surface area (Å²) in [5, 5.41) is 0. The topological polar surface area (TPSA) is 4.93 Å². The fraction of sp³-hybridized carbons (Fsp3) is 0.500. The van der Waals surface area contributed by atoms with Crippen molar-refractivity contribution >= 4 is 0 Å². The summed E-state index contributed by atoms with van der Waals surface area (Å²) in [5.41, 5.74) is 4.35. The predicted octanol–water partition coefficient (Wildman–Crippen LogP) is 5.96. The molecule has 112 valence electrons. The lowest BCUT2D eigenvalue weighted by atomic mass is 9.86. The molecule has 0 N–H and O–H groups in total. The second kappa shape index (κ2) is 5.71. The van der Waals surface area contributed by atoms with Crippen molar-refractivity contribution in [1.82, 2.24) is 4.57 Å². The standard InChI is InChI=1S/C20H27N/c1-20(2,3)17-13-11-16(12-14-17)19-10-7-15-21(19)18-8-5-4-6-9-18/h7,10-15,18H,4-6,8-9H2,1-3H3. The monoisotopic (exact) mass is 281 g/mol. The number of benzene rings is 1. The van der Waals surface area contributed by atoms with E-state index in [1.807, 2.05) is 0 Å². The minimum Gasteiger partial charge on any atom is -0.344 e. The van der Waals surface area contributed by atoms with Crippen LogP contribution in [0.25, 0.3) is 11.3 Å². The number of hydrogen-bond acceptors (Lipinski definition) is 0. The highest BCUT2D eigenvalue weighted by atomic mass is 15.0. The third-order valence-corrected chi connectivity index (χ3v) is 4.79. The van der Waals surface area contributed by atoms with Gasteiger partial charge in [0.1, 0.15) is 0 Å². The van der Waals surface area contributed by atoms with Crippen molar-refractivity contribution in [2.45, 2.75) is 64.3 Å². The molecule has 1 saturated carbocycles. The smallest absolute Gasteiger partial charge is 0.0482 e. The van der Waals surface area contributed by atoms with Gasteiger partial charge in [0, 0.05) is 17.9 Å². The molecule has 1 fully saturated rings. The molecule has 2 aromatic rings. The summed E-state index contributed by atoms with van der Waals surface area (Å²) in [6.07, 6.45) is 9.11. The quantitative estimate of drug-likeness (QED) is 0.640. The second-order valence-corrected chi connectivity index (χ2v) is 7.42. The summed E-state index contributed by atoms with van der Waals surface area (Å²) in [5.74, 6) is 0. The molecule has 0 atom stereocenters. The zero-order valence-corrected chi connectivity index (χ0v) is 13.6. The van der Waals surface area contributed by atoms with Crippen molar-refractivity contribution in [2.24, 2.45) is 0 Å². The molecule has 1 aromatic heterocycles. The van der Waals surface area contributed by atoms with E-state index in [0.29, 0.717) is 6.04 Å². The van der Waals surface area contributed by atoms with Crippen molar-refractivity contribution < 1.29 is 0 Å². The number of hydrogen-bond donors (Lipinski definition) is 0. The lowest BCUT2D eigenvalue weighted by Gasteiger charge is -2.26. The molecule has 0 aliphatic heterocycles. The Balaban J connectivity index is 1.89. The van der Waals surface area contributed by atoms with Crippen LogP contribution in [0.1, 0.15) is 64.5 Å². The average molecular weight is 281 g/mol. The molecule has 1 aliphatic carbocycles. The Bertz CT molecular complexity index is 577. The largest absolute Gasteiger partial charge is 0.344 e. The lowest BCUT2D eigenvalue weighted by molar-refractivity contribution is 0.356. The van der Waals surface area contributed by atoms with Crippen molar-refractivity contribution in [3.05, 3.63) is 48.2 Å². The number of rotatable bonds is 2. The Labute approximate surface area is 129 Å². The Morgan fingerprint density at radius 3 is 2.19 bits per heavy atom. The van der Waals surface area contributed by atoms with E-state index < -0.39 is 0 Å². The van der Waals surface area contributed by atoms with Gasteiger partial charge in [-0.2, -0.15) is 0 Å². The number of nitrogens with zero attached hydrogens (tertiary/aromatic N) is 1. The van der Waals surface area contributed by atoms with Gasteiger partial charge in [-0.05, 0) is 41.5 Å². The maximum absolute atomic E-state index is 2.51. The lowest BCUT2D eigenvalue weighted by Crippen LogP contribution is -2.13. The van der Waals surface area contributed by atoms with Crippen LogP contribution in [0.2, 0.25) is 0 Å². The van der Waals surface area contributed by atoms with Crippen LogP contribution in [0.15, 0.2) is 42.6 Å². The zero-order chi connectivity index (χ0) is 14.9. The molecule has 0 unspecified atom stereocenters. The minimum atomic E-state index is 0.226. The van der Waals surface area contributed by atoms with Crippen LogP contribution in [-0.4, -0.2) is 4.57 Å². The summed E-state index contributed by atoms with van der Waals surface area (Å²) >= 11 is 0. The summed E-state index contributed by atoms with van der Waals surface area (Å²) in [6.45, 7) is 6.81. The van der Waals surface area contributed by atoms with E-state index in [9.17, 15) is 0 Å². The first-order valence-electron chi connectivity index (χ1n) is 8.33. The normalized spacial score (nSPS) is 17.1. The van der Waals surface area contributed by atoms with E-state index in [1.165, 1.54) is 48.9 Å². The summed E-state index contributed by atoms with van der Waals surface area (Å²) < 4.78 is 2.51.